The molecule has 0 aliphatic carbocycles. The molecular weight excluding hydrogens is 291 g/mol. The highest BCUT2D eigenvalue weighted by Crippen LogP contribution is 2.17. The fraction of sp³-hybridized carbons (Fsp3) is 0.133. The fourth-order valence-electron chi connectivity index (χ4n) is 1.68. The predicted molar refractivity (Wildman–Crippen MR) is 78.2 cm³/mol. The number of nitro benzene ring substituents is 1. The zero-order valence-electron chi connectivity index (χ0n) is 11.7. The van der Waals surface area contributed by atoms with Gasteiger partial charge in [-0.2, -0.15) is 0 Å². The third-order valence-electron chi connectivity index (χ3n) is 2.84. The van der Waals surface area contributed by atoms with Crippen molar-refractivity contribution in [2.24, 2.45) is 0 Å². The molecule has 7 heteroatoms. The van der Waals surface area contributed by atoms with Gasteiger partial charge >= 0.3 is 0 Å². The molecule has 0 fully saturated rings. The Labute approximate surface area is 125 Å². The van der Waals surface area contributed by atoms with Crippen molar-refractivity contribution < 1.29 is 18.8 Å². The number of nitro groups is 1. The number of carbonyl (C=O) groups excluding carboxylic acids is 1. The summed E-state index contributed by atoms with van der Waals surface area (Å²) in [6.45, 7) is 1.55. The van der Waals surface area contributed by atoms with Gasteiger partial charge < -0.3 is 10.1 Å². The van der Waals surface area contributed by atoms with Crippen LogP contribution in [0.5, 0.6) is 5.75 Å². The van der Waals surface area contributed by atoms with E-state index < -0.39 is 22.8 Å². The number of hydrogen-bond acceptors (Lipinski definition) is 4. The van der Waals surface area contributed by atoms with E-state index >= 15 is 0 Å². The van der Waals surface area contributed by atoms with Gasteiger partial charge in [-0.25, -0.2) is 4.39 Å². The second-order valence-corrected chi connectivity index (χ2v) is 4.51. The summed E-state index contributed by atoms with van der Waals surface area (Å²) < 4.78 is 18.2. The highest BCUT2D eigenvalue weighted by atomic mass is 19.1. The lowest BCUT2D eigenvalue weighted by atomic mass is 10.2. The zero-order chi connectivity index (χ0) is 16.1. The SMILES string of the molecule is CC(Oc1ccc(F)cc1)C(=O)Nc1ccc([N+](=O)[O-])cc1. The molecule has 114 valence electrons. The van der Waals surface area contributed by atoms with Crippen LogP contribution in [0.25, 0.3) is 0 Å². The molecule has 0 saturated heterocycles. The Hall–Kier alpha value is -2.96. The van der Waals surface area contributed by atoms with Crippen LogP contribution in [-0.4, -0.2) is 16.9 Å². The number of halogens is 1. The Kier molecular flexibility index (Phi) is 4.67. The lowest BCUT2D eigenvalue weighted by Gasteiger charge is -2.14. The average Bonchev–Trinajstić information content (AvgIpc) is 2.50. The van der Waals surface area contributed by atoms with Gasteiger partial charge in [-0.3, -0.25) is 14.9 Å². The highest BCUT2D eigenvalue weighted by molar-refractivity contribution is 5.94. The number of nitrogens with one attached hydrogen (secondary N) is 1. The van der Waals surface area contributed by atoms with E-state index in [0.29, 0.717) is 11.4 Å². The Morgan fingerprint density at radius 2 is 1.77 bits per heavy atom. The van der Waals surface area contributed by atoms with Crippen LogP contribution in [0.4, 0.5) is 15.8 Å². The third-order valence-corrected chi connectivity index (χ3v) is 2.84. The minimum absolute atomic E-state index is 0.0615. The molecule has 6 nitrogen and oxygen atoms in total. The number of anilines is 1. The summed E-state index contributed by atoms with van der Waals surface area (Å²) >= 11 is 0. The van der Waals surface area contributed by atoms with E-state index in [9.17, 15) is 19.3 Å². The van der Waals surface area contributed by atoms with E-state index in [1.165, 1.54) is 48.5 Å². The highest BCUT2D eigenvalue weighted by Gasteiger charge is 2.15. The van der Waals surface area contributed by atoms with Crippen LogP contribution < -0.4 is 10.1 Å². The lowest BCUT2D eigenvalue weighted by molar-refractivity contribution is -0.384. The zero-order valence-corrected chi connectivity index (χ0v) is 11.7. The molecule has 0 aromatic heterocycles. The summed E-state index contributed by atoms with van der Waals surface area (Å²) in [5.41, 5.74) is 0.360. The molecule has 2 aromatic carbocycles. The second-order valence-electron chi connectivity index (χ2n) is 4.51. The summed E-state index contributed by atoms with van der Waals surface area (Å²) in [6.07, 6.45) is -0.805. The number of rotatable bonds is 5. The van der Waals surface area contributed by atoms with Crippen LogP contribution in [0.2, 0.25) is 0 Å². The number of ether oxygens (including phenoxy) is 1. The molecule has 0 bridgehead atoms. The van der Waals surface area contributed by atoms with Crippen molar-refractivity contribution in [3.05, 3.63) is 64.5 Å². The minimum atomic E-state index is -0.805. The summed E-state index contributed by atoms with van der Waals surface area (Å²) in [5.74, 6) is -0.443. The Bertz CT molecular complexity index is 671. The maximum atomic E-state index is 12.8. The molecule has 0 heterocycles. The molecule has 0 aliphatic rings. The topological polar surface area (TPSA) is 81.5 Å². The summed E-state index contributed by atoms with van der Waals surface area (Å²) in [6, 6.07) is 10.8. The fourth-order valence-corrected chi connectivity index (χ4v) is 1.68. The standard InChI is InChI=1S/C15H13FN2O4/c1-10(22-14-8-2-11(16)3-9-14)15(19)17-12-4-6-13(7-5-12)18(20)21/h2-10H,1H3,(H,17,19). The maximum absolute atomic E-state index is 12.8. The molecule has 0 aliphatic heterocycles. The van der Waals surface area contributed by atoms with Gasteiger partial charge in [0, 0.05) is 17.8 Å². The Morgan fingerprint density at radius 3 is 2.32 bits per heavy atom. The number of benzene rings is 2. The largest absolute Gasteiger partial charge is 0.481 e. The Balaban J connectivity index is 1.95. The van der Waals surface area contributed by atoms with Gasteiger partial charge in [-0.05, 0) is 43.3 Å². The first kappa shape index (κ1) is 15.4. The van der Waals surface area contributed by atoms with Crippen molar-refractivity contribution in [1.29, 1.82) is 0 Å². The van der Waals surface area contributed by atoms with E-state index in [4.69, 9.17) is 4.74 Å². The van der Waals surface area contributed by atoms with Crippen LogP contribution in [0, 0.1) is 15.9 Å². The van der Waals surface area contributed by atoms with Gasteiger partial charge in [0.2, 0.25) is 0 Å². The van der Waals surface area contributed by atoms with Gasteiger partial charge in [0.1, 0.15) is 11.6 Å². The third kappa shape index (κ3) is 4.02. The van der Waals surface area contributed by atoms with Gasteiger partial charge in [-0.1, -0.05) is 0 Å². The molecule has 2 aromatic rings. The van der Waals surface area contributed by atoms with Gasteiger partial charge in [0.05, 0.1) is 4.92 Å². The lowest BCUT2D eigenvalue weighted by Crippen LogP contribution is -2.30. The molecule has 1 amide bonds. The molecule has 1 unspecified atom stereocenters. The van der Waals surface area contributed by atoms with Gasteiger partial charge in [0.15, 0.2) is 6.10 Å². The molecule has 2 rings (SSSR count). The predicted octanol–water partition coefficient (Wildman–Crippen LogP) is 3.14. The maximum Gasteiger partial charge on any atom is 0.269 e. The van der Waals surface area contributed by atoms with Crippen LogP contribution >= 0.6 is 0 Å². The van der Waals surface area contributed by atoms with Crippen molar-refractivity contribution in [1.82, 2.24) is 0 Å². The minimum Gasteiger partial charge on any atom is -0.481 e. The van der Waals surface area contributed by atoms with Crippen molar-refractivity contribution in [3.8, 4) is 5.75 Å². The smallest absolute Gasteiger partial charge is 0.269 e. The van der Waals surface area contributed by atoms with Crippen molar-refractivity contribution in [2.75, 3.05) is 5.32 Å². The number of nitrogens with zero attached hydrogens (tertiary/aromatic N) is 1. The van der Waals surface area contributed by atoms with Crippen molar-refractivity contribution in [3.63, 3.8) is 0 Å². The molecule has 0 saturated carbocycles. The average molecular weight is 304 g/mol. The number of carbonyl (C=O) groups is 1. The molecule has 1 atom stereocenters. The van der Waals surface area contributed by atoms with E-state index in [-0.39, 0.29) is 5.69 Å². The van der Waals surface area contributed by atoms with Crippen LogP contribution in [0.15, 0.2) is 48.5 Å². The summed E-state index contributed by atoms with van der Waals surface area (Å²) in [4.78, 5) is 22.0. The van der Waals surface area contributed by atoms with Crippen LogP contribution in [0.1, 0.15) is 6.92 Å². The van der Waals surface area contributed by atoms with Gasteiger partial charge in [-0.15, -0.1) is 0 Å². The Morgan fingerprint density at radius 1 is 1.18 bits per heavy atom. The normalized spacial score (nSPS) is 11.5. The van der Waals surface area contributed by atoms with Crippen molar-refractivity contribution in [2.45, 2.75) is 13.0 Å². The molecular formula is C15H13FN2O4. The molecule has 0 spiro atoms. The monoisotopic (exact) mass is 304 g/mol. The van der Waals surface area contributed by atoms with E-state index in [1.807, 2.05) is 0 Å². The quantitative estimate of drug-likeness (QED) is 0.679. The van der Waals surface area contributed by atoms with Crippen LogP contribution in [0.3, 0.4) is 0 Å². The first-order chi connectivity index (χ1) is 10.5. The molecule has 0 radical (unpaired) electrons. The second kappa shape index (κ2) is 6.66. The van der Waals surface area contributed by atoms with Crippen molar-refractivity contribution >= 4 is 17.3 Å². The molecule has 1 N–H and O–H groups in total. The first-order valence-corrected chi connectivity index (χ1v) is 6.43. The number of amides is 1. The van der Waals surface area contributed by atoms with E-state index in [0.717, 1.165) is 0 Å². The van der Waals surface area contributed by atoms with E-state index in [1.54, 1.807) is 6.92 Å². The number of non-ortho nitro benzene ring substituents is 1. The molecule has 22 heavy (non-hydrogen) atoms. The van der Waals surface area contributed by atoms with Gasteiger partial charge in [0.25, 0.3) is 11.6 Å². The number of hydrogen-bond donors (Lipinski definition) is 1. The summed E-state index contributed by atoms with van der Waals surface area (Å²) in [5, 5.41) is 13.1. The van der Waals surface area contributed by atoms with E-state index in [2.05, 4.69) is 5.32 Å². The van der Waals surface area contributed by atoms with Crippen LogP contribution in [-0.2, 0) is 4.79 Å². The summed E-state index contributed by atoms with van der Waals surface area (Å²) in [7, 11) is 0. The first-order valence-electron chi connectivity index (χ1n) is 6.43.